The summed E-state index contributed by atoms with van der Waals surface area (Å²) in [6.45, 7) is 9.79. The van der Waals surface area contributed by atoms with E-state index >= 15 is 0 Å². The number of fused-ring (bicyclic) bond motifs is 1. The molecule has 2 atom stereocenters. The van der Waals surface area contributed by atoms with Gasteiger partial charge in [-0.25, -0.2) is 9.78 Å². The van der Waals surface area contributed by atoms with Gasteiger partial charge in [0.05, 0.1) is 4.48 Å². The summed E-state index contributed by atoms with van der Waals surface area (Å²) < 4.78 is 8.72. The van der Waals surface area contributed by atoms with Gasteiger partial charge in [0.2, 0.25) is 0 Å². The van der Waals surface area contributed by atoms with Gasteiger partial charge in [-0.15, -0.1) is 0 Å². The van der Waals surface area contributed by atoms with Crippen LogP contribution in [0.5, 0.6) is 0 Å². The molecule has 8 heteroatoms. The molecule has 3 aliphatic rings. The second-order valence-corrected chi connectivity index (χ2v) is 10.4. The fourth-order valence-electron chi connectivity index (χ4n) is 5.07. The number of amides is 1. The maximum absolute atomic E-state index is 12.4. The zero-order chi connectivity index (χ0) is 20.8. The van der Waals surface area contributed by atoms with Crippen molar-refractivity contribution < 1.29 is 9.53 Å². The number of ether oxygens (including phenoxy) is 1. The molecule has 0 bridgehead atoms. The zero-order valence-electron chi connectivity index (χ0n) is 17.8. The number of aromatic nitrogens is 2. The lowest BCUT2D eigenvalue weighted by Crippen LogP contribution is -2.54. The molecule has 1 aromatic heterocycles. The van der Waals surface area contributed by atoms with Crippen LogP contribution in [0.25, 0.3) is 4.48 Å². The van der Waals surface area contributed by atoms with Crippen molar-refractivity contribution in [1.29, 1.82) is 0 Å². The third kappa shape index (κ3) is 4.06. The smallest absolute Gasteiger partial charge is 0.407 e. The lowest BCUT2D eigenvalue weighted by atomic mass is 9.74. The average molecular weight is 466 g/mol. The normalized spacial score (nSPS) is 26.9. The van der Waals surface area contributed by atoms with Gasteiger partial charge >= 0.3 is 6.09 Å². The summed E-state index contributed by atoms with van der Waals surface area (Å²) in [5.41, 5.74) is 0.832. The quantitative estimate of drug-likeness (QED) is 0.684. The summed E-state index contributed by atoms with van der Waals surface area (Å²) in [6.07, 6.45) is 9.25. The first-order valence-electron chi connectivity index (χ1n) is 10.6. The van der Waals surface area contributed by atoms with Crippen molar-refractivity contribution in [3.8, 4) is 0 Å². The summed E-state index contributed by atoms with van der Waals surface area (Å²) in [5, 5.41) is 6.81. The molecule has 0 radical (unpaired) electrons. The predicted octanol–water partition coefficient (Wildman–Crippen LogP) is 4.19. The van der Waals surface area contributed by atoms with E-state index in [1.54, 1.807) is 0 Å². The van der Waals surface area contributed by atoms with Gasteiger partial charge in [0.1, 0.15) is 5.60 Å². The van der Waals surface area contributed by atoms with Crippen LogP contribution in [0.4, 0.5) is 4.79 Å². The highest BCUT2D eigenvalue weighted by Crippen LogP contribution is 2.47. The van der Waals surface area contributed by atoms with Crippen molar-refractivity contribution in [3.63, 3.8) is 0 Å². The highest BCUT2D eigenvalue weighted by atomic mass is 79.9. The summed E-state index contributed by atoms with van der Waals surface area (Å²) in [4.78, 5) is 19.3. The minimum Gasteiger partial charge on any atom is -0.444 e. The van der Waals surface area contributed by atoms with Gasteiger partial charge in [-0.05, 0) is 74.7 Å². The number of likely N-dealkylation sites (tertiary alicyclic amines) is 1. The second kappa shape index (κ2) is 7.61. The molecule has 1 amide bonds. The summed E-state index contributed by atoms with van der Waals surface area (Å²) in [6, 6.07) is 0.207. The fraction of sp³-hybridized carbons (Fsp3) is 0.714. The molecule has 1 saturated heterocycles. The molecule has 1 aliphatic carbocycles. The number of hydrogen-bond acceptors (Lipinski definition) is 5. The number of piperidine rings is 1. The number of carbonyl (C=O) groups excluding carboxylic acids is 1. The van der Waals surface area contributed by atoms with Crippen molar-refractivity contribution >= 4 is 26.5 Å². The monoisotopic (exact) mass is 465 g/mol. The van der Waals surface area contributed by atoms with Gasteiger partial charge in [-0.1, -0.05) is 6.42 Å². The number of halogens is 1. The van der Waals surface area contributed by atoms with Crippen molar-refractivity contribution in [1.82, 2.24) is 25.1 Å². The molecule has 4 rings (SSSR count). The first kappa shape index (κ1) is 20.7. The van der Waals surface area contributed by atoms with Crippen molar-refractivity contribution in [2.45, 2.75) is 77.7 Å². The van der Waals surface area contributed by atoms with Gasteiger partial charge in [-0.3, -0.25) is 9.47 Å². The van der Waals surface area contributed by atoms with Crippen LogP contribution in [-0.4, -0.2) is 45.3 Å². The van der Waals surface area contributed by atoms with Gasteiger partial charge in [-0.2, -0.15) is 0 Å². The molecular formula is C21H32BrN5O2. The predicted molar refractivity (Wildman–Crippen MR) is 116 cm³/mol. The van der Waals surface area contributed by atoms with Crippen LogP contribution < -0.4 is 10.6 Å². The molecule has 160 valence electrons. The summed E-state index contributed by atoms with van der Waals surface area (Å²) >= 11 is 3.65. The van der Waals surface area contributed by atoms with Crippen molar-refractivity contribution in [2.75, 3.05) is 13.1 Å². The Bertz CT molecular complexity index is 804. The molecule has 7 nitrogen and oxygen atoms in total. The highest BCUT2D eigenvalue weighted by molar-refractivity contribution is 9.15. The van der Waals surface area contributed by atoms with E-state index in [1.807, 2.05) is 33.2 Å². The minimum absolute atomic E-state index is 0.0878. The Morgan fingerprint density at radius 1 is 1.34 bits per heavy atom. The summed E-state index contributed by atoms with van der Waals surface area (Å²) in [7, 11) is 0. The van der Waals surface area contributed by atoms with Crippen LogP contribution in [0.2, 0.25) is 0 Å². The Kier molecular flexibility index (Phi) is 5.44. The van der Waals surface area contributed by atoms with Crippen LogP contribution >= 0.6 is 15.9 Å². The SMILES string of the molecule is CC1=C(Br)c2nccn2C(N2CCC3(CCC[C@H]3NC(=O)OC(C)(C)C)CC2)N1. The van der Waals surface area contributed by atoms with Crippen LogP contribution in [0.3, 0.4) is 0 Å². The Morgan fingerprint density at radius 3 is 2.76 bits per heavy atom. The average Bonchev–Trinajstić information content (AvgIpc) is 3.26. The zero-order valence-corrected chi connectivity index (χ0v) is 19.4. The van der Waals surface area contributed by atoms with E-state index in [0.717, 1.165) is 48.4 Å². The van der Waals surface area contributed by atoms with Crippen LogP contribution in [0, 0.1) is 5.41 Å². The Balaban J connectivity index is 1.42. The number of nitrogens with one attached hydrogen (secondary N) is 2. The van der Waals surface area contributed by atoms with Crippen LogP contribution in [-0.2, 0) is 4.74 Å². The molecule has 2 aliphatic heterocycles. The van der Waals surface area contributed by atoms with E-state index in [2.05, 4.69) is 47.9 Å². The number of carbonyl (C=O) groups is 1. The van der Waals surface area contributed by atoms with E-state index in [1.165, 1.54) is 12.8 Å². The Hall–Kier alpha value is -1.54. The first-order valence-corrected chi connectivity index (χ1v) is 11.4. The number of rotatable bonds is 2. The number of alkyl carbamates (subject to hydrolysis) is 1. The first-order chi connectivity index (χ1) is 13.7. The van der Waals surface area contributed by atoms with Crippen LogP contribution in [0.15, 0.2) is 18.1 Å². The lowest BCUT2D eigenvalue weighted by Gasteiger charge is -2.46. The molecule has 1 unspecified atom stereocenters. The van der Waals surface area contributed by atoms with Crippen molar-refractivity contribution in [2.24, 2.45) is 5.41 Å². The molecular weight excluding hydrogens is 434 g/mol. The standard InChI is InChI=1S/C21H32BrN5O2/c1-14-16(22)17-23-10-13-27(17)18(24-14)26-11-8-21(9-12-26)7-5-6-15(21)25-19(28)29-20(2,3)4/h10,13,15,18,24H,5-9,11-12H2,1-4H3,(H,25,28)/t15-,18?/m1/s1. The molecule has 0 aromatic carbocycles. The molecule has 1 spiro atoms. The molecule has 2 N–H and O–H groups in total. The molecule has 29 heavy (non-hydrogen) atoms. The number of imidazole rings is 1. The second-order valence-electron chi connectivity index (χ2n) is 9.60. The Morgan fingerprint density at radius 2 is 2.07 bits per heavy atom. The van der Waals surface area contributed by atoms with E-state index < -0.39 is 5.60 Å². The van der Waals surface area contributed by atoms with E-state index in [4.69, 9.17) is 4.74 Å². The van der Waals surface area contributed by atoms with Gasteiger partial charge < -0.3 is 15.4 Å². The third-order valence-electron chi connectivity index (χ3n) is 6.54. The third-order valence-corrected chi connectivity index (χ3v) is 7.49. The lowest BCUT2D eigenvalue weighted by molar-refractivity contribution is 0.0147. The van der Waals surface area contributed by atoms with Crippen LogP contribution in [0.1, 0.15) is 71.9 Å². The molecule has 1 saturated carbocycles. The minimum atomic E-state index is -0.464. The molecule has 2 fully saturated rings. The maximum atomic E-state index is 12.4. The van der Waals surface area contributed by atoms with Gasteiger partial charge in [0.25, 0.3) is 0 Å². The molecule has 1 aromatic rings. The fourth-order valence-corrected chi connectivity index (χ4v) is 5.49. The van der Waals surface area contributed by atoms with E-state index in [-0.39, 0.29) is 23.8 Å². The molecule has 3 heterocycles. The number of nitrogens with zero attached hydrogens (tertiary/aromatic N) is 3. The van der Waals surface area contributed by atoms with E-state index in [0.29, 0.717) is 0 Å². The Labute approximate surface area is 181 Å². The summed E-state index contributed by atoms with van der Waals surface area (Å²) in [5.74, 6) is 0.969. The topological polar surface area (TPSA) is 71.4 Å². The largest absolute Gasteiger partial charge is 0.444 e. The highest BCUT2D eigenvalue weighted by Gasteiger charge is 2.47. The number of hydrogen-bond donors (Lipinski definition) is 2. The van der Waals surface area contributed by atoms with Crippen molar-refractivity contribution in [3.05, 3.63) is 23.9 Å². The number of allylic oxidation sites excluding steroid dienone is 1. The van der Waals surface area contributed by atoms with Gasteiger partial charge in [0, 0.05) is 37.2 Å². The van der Waals surface area contributed by atoms with E-state index in [9.17, 15) is 4.79 Å². The maximum Gasteiger partial charge on any atom is 0.407 e. The van der Waals surface area contributed by atoms with Gasteiger partial charge in [0.15, 0.2) is 12.1 Å².